The molecule has 1 atom stereocenters. The van der Waals surface area contributed by atoms with E-state index in [4.69, 9.17) is 15.3 Å². The maximum atomic E-state index is 5.64. The number of thiophene rings is 1. The van der Waals surface area contributed by atoms with Crippen molar-refractivity contribution in [1.82, 2.24) is 15.4 Å². The van der Waals surface area contributed by atoms with Crippen LogP contribution in [-0.2, 0) is 0 Å². The van der Waals surface area contributed by atoms with E-state index in [1.165, 1.54) is 20.4 Å². The maximum Gasteiger partial charge on any atom is 0.240 e. The predicted molar refractivity (Wildman–Crippen MR) is 76.3 cm³/mol. The van der Waals surface area contributed by atoms with Gasteiger partial charge >= 0.3 is 0 Å². The van der Waals surface area contributed by atoms with E-state index in [0.29, 0.717) is 17.5 Å². The molecule has 2 aromatic rings. The average Bonchev–Trinajstić information content (AvgIpc) is 2.86. The minimum atomic E-state index is -0.303. The zero-order valence-corrected chi connectivity index (χ0v) is 12.8. The Morgan fingerprint density at radius 1 is 1.42 bits per heavy atom. The van der Waals surface area contributed by atoms with Crippen LogP contribution in [-0.4, -0.2) is 24.2 Å². The highest BCUT2D eigenvalue weighted by molar-refractivity contribution is 9.10. The Bertz CT molecular complexity index is 563. The van der Waals surface area contributed by atoms with Crippen molar-refractivity contribution in [2.24, 2.45) is 5.84 Å². The molecule has 0 spiro atoms. The molecule has 1 unspecified atom stereocenters. The average molecular weight is 345 g/mol. The Morgan fingerprint density at radius 2 is 2.21 bits per heavy atom. The number of rotatable bonds is 5. The summed E-state index contributed by atoms with van der Waals surface area (Å²) in [5.74, 6) is 6.41. The summed E-state index contributed by atoms with van der Waals surface area (Å²) in [5, 5.41) is 1.97. The van der Waals surface area contributed by atoms with Crippen LogP contribution in [0.4, 0.5) is 0 Å². The molecule has 2 aromatic heterocycles. The highest BCUT2D eigenvalue weighted by Crippen LogP contribution is 2.35. The first-order chi connectivity index (χ1) is 9.21. The van der Waals surface area contributed by atoms with Gasteiger partial charge in [0, 0.05) is 9.35 Å². The van der Waals surface area contributed by atoms with Gasteiger partial charge in [0.2, 0.25) is 11.8 Å². The molecule has 0 radical (unpaired) electrons. The van der Waals surface area contributed by atoms with Crippen molar-refractivity contribution in [2.45, 2.75) is 6.04 Å². The van der Waals surface area contributed by atoms with Gasteiger partial charge in [-0.05, 0) is 27.4 Å². The summed E-state index contributed by atoms with van der Waals surface area (Å²) in [6.45, 7) is 0. The second-order valence-corrected chi connectivity index (χ2v) is 5.34. The normalized spacial score (nSPS) is 12.2. The van der Waals surface area contributed by atoms with Crippen molar-refractivity contribution in [3.63, 3.8) is 0 Å². The van der Waals surface area contributed by atoms with E-state index in [1.54, 1.807) is 11.3 Å². The minimum Gasteiger partial charge on any atom is -0.480 e. The lowest BCUT2D eigenvalue weighted by Crippen LogP contribution is -2.29. The predicted octanol–water partition coefficient (Wildman–Crippen LogP) is 1.87. The molecule has 3 N–H and O–H groups in total. The largest absolute Gasteiger partial charge is 0.480 e. The van der Waals surface area contributed by atoms with Crippen LogP contribution in [0.3, 0.4) is 0 Å². The van der Waals surface area contributed by atoms with Crippen molar-refractivity contribution < 1.29 is 9.47 Å². The topological polar surface area (TPSA) is 82.3 Å². The third-order valence-corrected chi connectivity index (χ3v) is 4.43. The molecular formula is C11H13BrN4O2S. The van der Waals surface area contributed by atoms with Gasteiger partial charge in [-0.1, -0.05) is 0 Å². The minimum absolute atomic E-state index is 0.303. The summed E-state index contributed by atoms with van der Waals surface area (Å²) >= 11 is 5.04. The summed E-state index contributed by atoms with van der Waals surface area (Å²) < 4.78 is 11.2. The smallest absolute Gasteiger partial charge is 0.240 e. The number of ether oxygens (including phenoxy) is 2. The fourth-order valence-electron chi connectivity index (χ4n) is 1.60. The molecule has 0 bridgehead atoms. The molecule has 0 aliphatic rings. The van der Waals surface area contributed by atoms with Gasteiger partial charge < -0.3 is 9.47 Å². The number of hydrogen-bond donors (Lipinski definition) is 2. The zero-order chi connectivity index (χ0) is 13.8. The Labute approximate surface area is 123 Å². The Morgan fingerprint density at radius 3 is 2.74 bits per heavy atom. The molecule has 0 saturated heterocycles. The number of hydrazine groups is 1. The number of nitrogens with zero attached hydrogens (tertiary/aromatic N) is 2. The lowest BCUT2D eigenvalue weighted by molar-refractivity contribution is 0.353. The zero-order valence-electron chi connectivity index (χ0n) is 10.4. The van der Waals surface area contributed by atoms with Crippen molar-refractivity contribution in [1.29, 1.82) is 0 Å². The van der Waals surface area contributed by atoms with Gasteiger partial charge in [-0.2, -0.15) is 4.98 Å². The van der Waals surface area contributed by atoms with Crippen LogP contribution >= 0.6 is 27.3 Å². The first-order valence-electron chi connectivity index (χ1n) is 5.35. The summed E-state index contributed by atoms with van der Waals surface area (Å²) in [6.07, 6.45) is 1.53. The van der Waals surface area contributed by atoms with E-state index in [9.17, 15) is 0 Å². The molecule has 8 heteroatoms. The Balaban J connectivity index is 2.46. The number of halogens is 1. The first-order valence-corrected chi connectivity index (χ1v) is 7.02. The molecule has 0 aliphatic heterocycles. The number of nitrogens with one attached hydrogen (secondary N) is 1. The third-order valence-electron chi connectivity index (χ3n) is 2.49. The van der Waals surface area contributed by atoms with Crippen LogP contribution in [0.1, 0.15) is 16.6 Å². The SMILES string of the molecule is COc1cnc(C(NN)c2sccc2Br)c(OC)n1. The molecule has 0 aromatic carbocycles. The van der Waals surface area contributed by atoms with Gasteiger partial charge in [-0.3, -0.25) is 5.84 Å². The summed E-state index contributed by atoms with van der Waals surface area (Å²) in [5.41, 5.74) is 3.34. The summed E-state index contributed by atoms with van der Waals surface area (Å²) in [7, 11) is 3.06. The van der Waals surface area contributed by atoms with Gasteiger partial charge in [0.15, 0.2) is 0 Å². The van der Waals surface area contributed by atoms with Crippen molar-refractivity contribution >= 4 is 27.3 Å². The lowest BCUT2D eigenvalue weighted by Gasteiger charge is -2.17. The van der Waals surface area contributed by atoms with Gasteiger partial charge in [0.1, 0.15) is 11.7 Å². The molecule has 6 nitrogen and oxygen atoms in total. The molecule has 0 amide bonds. The fraction of sp³-hybridized carbons (Fsp3) is 0.273. The monoisotopic (exact) mass is 344 g/mol. The number of hydrogen-bond acceptors (Lipinski definition) is 7. The van der Waals surface area contributed by atoms with E-state index in [1.807, 2.05) is 11.4 Å². The van der Waals surface area contributed by atoms with E-state index >= 15 is 0 Å². The highest BCUT2D eigenvalue weighted by Gasteiger charge is 2.23. The first kappa shape index (κ1) is 14.2. The highest BCUT2D eigenvalue weighted by atomic mass is 79.9. The Kier molecular flexibility index (Phi) is 4.70. The molecular weight excluding hydrogens is 332 g/mol. The van der Waals surface area contributed by atoms with E-state index in [2.05, 4.69) is 31.3 Å². The van der Waals surface area contributed by atoms with Crippen molar-refractivity contribution in [3.05, 3.63) is 32.7 Å². The van der Waals surface area contributed by atoms with Crippen LogP contribution < -0.4 is 20.7 Å². The van der Waals surface area contributed by atoms with Gasteiger partial charge in [0.05, 0.1) is 20.4 Å². The maximum absolute atomic E-state index is 5.64. The van der Waals surface area contributed by atoms with Gasteiger partial charge in [-0.25, -0.2) is 10.4 Å². The quantitative estimate of drug-likeness (QED) is 0.636. The molecule has 19 heavy (non-hydrogen) atoms. The van der Waals surface area contributed by atoms with Crippen molar-refractivity contribution in [2.75, 3.05) is 14.2 Å². The molecule has 0 aliphatic carbocycles. The van der Waals surface area contributed by atoms with Crippen LogP contribution in [0.25, 0.3) is 0 Å². The molecule has 2 heterocycles. The van der Waals surface area contributed by atoms with Crippen LogP contribution in [0, 0.1) is 0 Å². The number of aromatic nitrogens is 2. The summed E-state index contributed by atoms with van der Waals surface area (Å²) in [6, 6.07) is 1.65. The third kappa shape index (κ3) is 2.86. The van der Waals surface area contributed by atoms with Gasteiger partial charge in [-0.15, -0.1) is 11.3 Å². The molecule has 0 fully saturated rings. The van der Waals surface area contributed by atoms with E-state index in [-0.39, 0.29) is 6.04 Å². The van der Waals surface area contributed by atoms with E-state index < -0.39 is 0 Å². The summed E-state index contributed by atoms with van der Waals surface area (Å²) in [4.78, 5) is 9.52. The Hall–Kier alpha value is -1.22. The van der Waals surface area contributed by atoms with Crippen molar-refractivity contribution in [3.8, 4) is 11.8 Å². The second kappa shape index (κ2) is 6.29. The molecule has 102 valence electrons. The molecule has 2 rings (SSSR count). The van der Waals surface area contributed by atoms with Crippen LogP contribution in [0.5, 0.6) is 11.8 Å². The fourth-order valence-corrected chi connectivity index (χ4v) is 3.27. The number of methoxy groups -OCH3 is 2. The van der Waals surface area contributed by atoms with Gasteiger partial charge in [0.25, 0.3) is 0 Å². The lowest BCUT2D eigenvalue weighted by atomic mass is 10.2. The van der Waals surface area contributed by atoms with Crippen LogP contribution in [0.2, 0.25) is 0 Å². The van der Waals surface area contributed by atoms with E-state index in [0.717, 1.165) is 9.35 Å². The second-order valence-electron chi connectivity index (χ2n) is 3.54. The standard InChI is InChI=1S/C11H13BrN4O2S/c1-17-7-5-14-9(11(15-7)18-2)8(16-13)10-6(12)3-4-19-10/h3-5,8,16H,13H2,1-2H3. The number of nitrogens with two attached hydrogens (primary N) is 1. The van der Waals surface area contributed by atoms with Crippen LogP contribution in [0.15, 0.2) is 22.1 Å². The molecule has 0 saturated carbocycles.